The Bertz CT molecular complexity index is 699. The van der Waals surface area contributed by atoms with E-state index in [-0.39, 0.29) is 24.4 Å². The minimum Gasteiger partial charge on any atom is -0.469 e. The van der Waals surface area contributed by atoms with Crippen LogP contribution in [0.3, 0.4) is 0 Å². The van der Waals surface area contributed by atoms with Crippen molar-refractivity contribution in [1.82, 2.24) is 15.0 Å². The van der Waals surface area contributed by atoms with Crippen molar-refractivity contribution in [3.63, 3.8) is 0 Å². The van der Waals surface area contributed by atoms with Gasteiger partial charge in [-0.1, -0.05) is 35.9 Å². The summed E-state index contributed by atoms with van der Waals surface area (Å²) in [6.45, 7) is 3.20. The van der Waals surface area contributed by atoms with Gasteiger partial charge in [0.25, 0.3) is 0 Å². The Kier molecular flexibility index (Phi) is 4.63. The number of nitrogens with zero attached hydrogens (tertiary/aromatic N) is 3. The second-order valence-corrected chi connectivity index (χ2v) is 5.97. The summed E-state index contributed by atoms with van der Waals surface area (Å²) in [6, 6.07) is 7.62. The zero-order valence-corrected chi connectivity index (χ0v) is 13.8. The van der Waals surface area contributed by atoms with Crippen molar-refractivity contribution in [1.29, 1.82) is 0 Å². The standard InChI is InChI=1S/C16H18ClN3O3/c1-10-15-13(9-14(21)22-2)18-19-20(15)7-8-23-16(10)11-3-5-12(17)6-4-11/h3-6,10,16H,7-9H2,1-2H3/t10-,16+/m0/s1. The maximum absolute atomic E-state index is 11.6. The summed E-state index contributed by atoms with van der Waals surface area (Å²) >= 11 is 5.97. The maximum Gasteiger partial charge on any atom is 0.311 e. The molecule has 1 aliphatic heterocycles. The van der Waals surface area contributed by atoms with Gasteiger partial charge in [-0.05, 0) is 17.7 Å². The molecule has 0 unspecified atom stereocenters. The van der Waals surface area contributed by atoms with Gasteiger partial charge in [0.1, 0.15) is 0 Å². The Morgan fingerprint density at radius 3 is 2.87 bits per heavy atom. The smallest absolute Gasteiger partial charge is 0.311 e. The van der Waals surface area contributed by atoms with E-state index >= 15 is 0 Å². The van der Waals surface area contributed by atoms with E-state index in [1.807, 2.05) is 28.9 Å². The third-order valence-electron chi connectivity index (χ3n) is 4.07. The van der Waals surface area contributed by atoms with E-state index in [1.54, 1.807) is 0 Å². The van der Waals surface area contributed by atoms with E-state index in [2.05, 4.69) is 17.2 Å². The van der Waals surface area contributed by atoms with Crippen LogP contribution in [0.15, 0.2) is 24.3 Å². The van der Waals surface area contributed by atoms with Crippen molar-refractivity contribution >= 4 is 17.6 Å². The van der Waals surface area contributed by atoms with Crippen molar-refractivity contribution in [2.24, 2.45) is 0 Å². The molecule has 1 aliphatic rings. The molecule has 1 aromatic heterocycles. The first kappa shape index (κ1) is 16.0. The lowest BCUT2D eigenvalue weighted by Gasteiger charge is -2.22. The summed E-state index contributed by atoms with van der Waals surface area (Å²) in [5.74, 6) is -0.318. The van der Waals surface area contributed by atoms with Gasteiger partial charge in [-0.25, -0.2) is 4.68 Å². The topological polar surface area (TPSA) is 66.2 Å². The minimum absolute atomic E-state index is 0.00771. The van der Waals surface area contributed by atoms with Crippen LogP contribution >= 0.6 is 11.6 Å². The average molecular weight is 336 g/mol. The average Bonchev–Trinajstić information content (AvgIpc) is 2.86. The monoisotopic (exact) mass is 335 g/mol. The lowest BCUT2D eigenvalue weighted by atomic mass is 9.92. The number of halogens is 1. The fourth-order valence-corrected chi connectivity index (χ4v) is 3.07. The number of esters is 1. The second kappa shape index (κ2) is 6.68. The molecule has 2 aromatic rings. The fourth-order valence-electron chi connectivity index (χ4n) is 2.95. The number of ether oxygens (including phenoxy) is 2. The van der Waals surface area contributed by atoms with Crippen LogP contribution in [0, 0.1) is 0 Å². The Morgan fingerprint density at radius 1 is 1.43 bits per heavy atom. The molecule has 0 spiro atoms. The number of methoxy groups -OCH3 is 1. The first-order chi connectivity index (χ1) is 11.1. The molecule has 2 heterocycles. The van der Waals surface area contributed by atoms with E-state index < -0.39 is 0 Å². The first-order valence-electron chi connectivity index (χ1n) is 7.46. The molecule has 0 radical (unpaired) electrons. The van der Waals surface area contributed by atoms with E-state index in [0.717, 1.165) is 11.3 Å². The van der Waals surface area contributed by atoms with Crippen LogP contribution in [-0.2, 0) is 27.2 Å². The maximum atomic E-state index is 11.6. The molecule has 1 aromatic carbocycles. The van der Waals surface area contributed by atoms with Crippen molar-refractivity contribution in [3.8, 4) is 0 Å². The third kappa shape index (κ3) is 3.23. The van der Waals surface area contributed by atoms with Crippen molar-refractivity contribution in [2.75, 3.05) is 13.7 Å². The number of hydrogen-bond donors (Lipinski definition) is 0. The molecular weight excluding hydrogens is 318 g/mol. The van der Waals surface area contributed by atoms with Crippen LogP contribution in [-0.4, -0.2) is 34.7 Å². The van der Waals surface area contributed by atoms with Crippen LogP contribution < -0.4 is 0 Å². The molecule has 0 bridgehead atoms. The molecule has 2 atom stereocenters. The zero-order chi connectivity index (χ0) is 16.4. The van der Waals surface area contributed by atoms with E-state index in [0.29, 0.717) is 23.9 Å². The number of benzene rings is 1. The summed E-state index contributed by atoms with van der Waals surface area (Å²) in [5.41, 5.74) is 2.61. The highest BCUT2D eigenvalue weighted by Crippen LogP contribution is 2.37. The Labute approximate surface area is 139 Å². The van der Waals surface area contributed by atoms with E-state index in [9.17, 15) is 4.79 Å². The Morgan fingerprint density at radius 2 is 2.17 bits per heavy atom. The SMILES string of the molecule is COC(=O)Cc1nnn2c1[C@H](C)[C@H](c1ccc(Cl)cc1)OCC2. The fraction of sp³-hybridized carbons (Fsp3) is 0.438. The number of fused-ring (bicyclic) bond motifs is 1. The molecule has 0 fully saturated rings. The van der Waals surface area contributed by atoms with Crippen LogP contribution in [0.4, 0.5) is 0 Å². The molecule has 0 N–H and O–H groups in total. The molecule has 0 saturated heterocycles. The van der Waals surface area contributed by atoms with Crippen molar-refractivity contribution < 1.29 is 14.3 Å². The summed E-state index contributed by atoms with van der Waals surface area (Å²) < 4.78 is 12.6. The molecule has 6 nitrogen and oxygen atoms in total. The van der Waals surface area contributed by atoms with Gasteiger partial charge in [0.2, 0.25) is 0 Å². The van der Waals surface area contributed by atoms with Gasteiger partial charge >= 0.3 is 5.97 Å². The first-order valence-corrected chi connectivity index (χ1v) is 7.84. The number of carbonyl (C=O) groups excluding carboxylic acids is 1. The third-order valence-corrected chi connectivity index (χ3v) is 4.32. The highest BCUT2D eigenvalue weighted by atomic mass is 35.5. The van der Waals surface area contributed by atoms with Crippen molar-refractivity contribution in [2.45, 2.75) is 31.9 Å². The summed E-state index contributed by atoms with van der Waals surface area (Å²) in [5, 5.41) is 9.00. The van der Waals surface area contributed by atoms with Crippen LogP contribution in [0.2, 0.25) is 5.02 Å². The largest absolute Gasteiger partial charge is 0.469 e. The molecule has 0 amide bonds. The van der Waals surface area contributed by atoms with Gasteiger partial charge in [0, 0.05) is 10.9 Å². The Balaban J connectivity index is 1.94. The normalized spacial score (nSPS) is 20.7. The number of aromatic nitrogens is 3. The quantitative estimate of drug-likeness (QED) is 0.806. The van der Waals surface area contributed by atoms with Crippen LogP contribution in [0.5, 0.6) is 0 Å². The summed E-state index contributed by atoms with van der Waals surface area (Å²) in [7, 11) is 1.37. The molecular formula is C16H18ClN3O3. The van der Waals surface area contributed by atoms with Gasteiger partial charge in [0.15, 0.2) is 0 Å². The van der Waals surface area contributed by atoms with Crippen molar-refractivity contribution in [3.05, 3.63) is 46.2 Å². The van der Waals surface area contributed by atoms with Crippen LogP contribution in [0.25, 0.3) is 0 Å². The van der Waals surface area contributed by atoms with Gasteiger partial charge in [-0.3, -0.25) is 4.79 Å². The number of rotatable bonds is 3. The predicted molar refractivity (Wildman–Crippen MR) is 84.3 cm³/mol. The molecule has 23 heavy (non-hydrogen) atoms. The molecule has 7 heteroatoms. The lowest BCUT2D eigenvalue weighted by molar-refractivity contribution is -0.139. The highest BCUT2D eigenvalue weighted by Gasteiger charge is 2.31. The zero-order valence-electron chi connectivity index (χ0n) is 13.0. The van der Waals surface area contributed by atoms with Crippen LogP contribution in [0.1, 0.15) is 35.9 Å². The summed E-state index contributed by atoms with van der Waals surface area (Å²) in [6.07, 6.45) is -0.0211. The van der Waals surface area contributed by atoms with Gasteiger partial charge in [-0.2, -0.15) is 0 Å². The lowest BCUT2D eigenvalue weighted by Crippen LogP contribution is -2.14. The molecule has 0 aliphatic carbocycles. The number of hydrogen-bond acceptors (Lipinski definition) is 5. The van der Waals surface area contributed by atoms with E-state index in [1.165, 1.54) is 7.11 Å². The number of carbonyl (C=O) groups is 1. The molecule has 122 valence electrons. The van der Waals surface area contributed by atoms with Gasteiger partial charge in [-0.15, -0.1) is 5.10 Å². The summed E-state index contributed by atoms with van der Waals surface area (Å²) in [4.78, 5) is 11.6. The Hall–Kier alpha value is -1.92. The molecule has 3 rings (SSSR count). The van der Waals surface area contributed by atoms with E-state index in [4.69, 9.17) is 21.1 Å². The minimum atomic E-state index is -0.325. The highest BCUT2D eigenvalue weighted by molar-refractivity contribution is 6.30. The predicted octanol–water partition coefficient (Wildman–Crippen LogP) is 2.52. The molecule has 0 saturated carbocycles. The van der Waals surface area contributed by atoms with Gasteiger partial charge < -0.3 is 9.47 Å². The second-order valence-electron chi connectivity index (χ2n) is 5.53. The van der Waals surface area contributed by atoms with Gasteiger partial charge in [0.05, 0.1) is 44.2 Å².